The zero-order valence-electron chi connectivity index (χ0n) is 12.3. The van der Waals surface area contributed by atoms with Crippen molar-refractivity contribution in [3.05, 3.63) is 11.8 Å². The van der Waals surface area contributed by atoms with E-state index < -0.39 is 0 Å². The molecular formula is C17H30O. The summed E-state index contributed by atoms with van der Waals surface area (Å²) in [5.74, 6) is 3.89. The molecule has 0 aromatic carbocycles. The zero-order valence-corrected chi connectivity index (χ0v) is 12.3. The molecule has 1 saturated carbocycles. The van der Waals surface area contributed by atoms with Gasteiger partial charge in [0.25, 0.3) is 0 Å². The molecule has 1 atom stereocenters. The largest absolute Gasteiger partial charge is 0.498 e. The number of hydrogen-bond donors (Lipinski definition) is 0. The first-order chi connectivity index (χ1) is 8.83. The summed E-state index contributed by atoms with van der Waals surface area (Å²) >= 11 is 0. The fourth-order valence-electron chi connectivity index (χ4n) is 3.66. The molecule has 1 nitrogen and oxygen atoms in total. The summed E-state index contributed by atoms with van der Waals surface area (Å²) in [6, 6.07) is 0. The lowest BCUT2D eigenvalue weighted by atomic mass is 9.78. The molecule has 0 amide bonds. The van der Waals surface area contributed by atoms with Crippen molar-refractivity contribution in [3.63, 3.8) is 0 Å². The summed E-state index contributed by atoms with van der Waals surface area (Å²) in [7, 11) is 0. The summed E-state index contributed by atoms with van der Waals surface area (Å²) < 4.78 is 6.04. The quantitative estimate of drug-likeness (QED) is 0.642. The van der Waals surface area contributed by atoms with Gasteiger partial charge < -0.3 is 4.74 Å². The maximum absolute atomic E-state index is 6.04. The Morgan fingerprint density at radius 3 is 2.22 bits per heavy atom. The molecule has 2 rings (SSSR count). The molecule has 1 aliphatic carbocycles. The second kappa shape index (κ2) is 7.21. The van der Waals surface area contributed by atoms with Crippen LogP contribution in [0.5, 0.6) is 0 Å². The van der Waals surface area contributed by atoms with E-state index in [1.165, 1.54) is 63.5 Å². The Kier molecular flexibility index (Phi) is 5.59. The minimum absolute atomic E-state index is 0.751. The molecule has 0 N–H and O–H groups in total. The number of ether oxygens (including phenoxy) is 1. The van der Waals surface area contributed by atoms with Gasteiger partial charge in [-0.05, 0) is 56.4 Å². The van der Waals surface area contributed by atoms with Crippen molar-refractivity contribution >= 4 is 0 Å². The fraction of sp³-hybridized carbons (Fsp3) is 0.882. The standard InChI is InChI=1S/C17H30O/c1-3-5-14-7-10-16(11-8-14)17-12-9-15(6-4-2)13-18-17/h12,14-16H,3-11,13H2,1-2H3. The normalized spacial score (nSPS) is 32.8. The van der Waals surface area contributed by atoms with Gasteiger partial charge in [0, 0.05) is 5.92 Å². The van der Waals surface area contributed by atoms with Crippen LogP contribution in [0, 0.1) is 17.8 Å². The van der Waals surface area contributed by atoms with E-state index in [2.05, 4.69) is 19.9 Å². The highest BCUT2D eigenvalue weighted by atomic mass is 16.5. The maximum Gasteiger partial charge on any atom is 0.0951 e. The topological polar surface area (TPSA) is 9.23 Å². The molecule has 1 aliphatic heterocycles. The molecule has 0 aromatic heterocycles. The van der Waals surface area contributed by atoms with Crippen molar-refractivity contribution in [1.82, 2.24) is 0 Å². The molecule has 0 aromatic rings. The number of rotatable bonds is 5. The lowest BCUT2D eigenvalue weighted by molar-refractivity contribution is 0.0996. The smallest absolute Gasteiger partial charge is 0.0951 e. The van der Waals surface area contributed by atoms with Gasteiger partial charge in [0.15, 0.2) is 0 Å². The van der Waals surface area contributed by atoms with Gasteiger partial charge in [-0.1, -0.05) is 33.1 Å². The molecular weight excluding hydrogens is 220 g/mol. The molecule has 1 unspecified atom stereocenters. The molecule has 1 fully saturated rings. The van der Waals surface area contributed by atoms with Gasteiger partial charge in [-0.25, -0.2) is 0 Å². The predicted octanol–water partition coefficient (Wildman–Crippen LogP) is 5.31. The van der Waals surface area contributed by atoms with Crippen LogP contribution < -0.4 is 0 Å². The van der Waals surface area contributed by atoms with Crippen molar-refractivity contribution in [2.75, 3.05) is 6.61 Å². The third-order valence-electron chi connectivity index (χ3n) is 4.78. The van der Waals surface area contributed by atoms with Gasteiger partial charge in [-0.3, -0.25) is 0 Å². The molecule has 1 heterocycles. The Morgan fingerprint density at radius 1 is 1.00 bits per heavy atom. The van der Waals surface area contributed by atoms with Gasteiger partial charge in [0.05, 0.1) is 12.4 Å². The van der Waals surface area contributed by atoms with Crippen LogP contribution in [0.3, 0.4) is 0 Å². The summed E-state index contributed by atoms with van der Waals surface area (Å²) in [6.45, 7) is 5.57. The average molecular weight is 250 g/mol. The highest BCUT2D eigenvalue weighted by Gasteiger charge is 2.26. The summed E-state index contributed by atoms with van der Waals surface area (Å²) in [4.78, 5) is 0. The van der Waals surface area contributed by atoms with Crippen LogP contribution in [-0.4, -0.2) is 6.61 Å². The van der Waals surface area contributed by atoms with Gasteiger partial charge in [0.2, 0.25) is 0 Å². The van der Waals surface area contributed by atoms with Crippen LogP contribution in [-0.2, 0) is 4.74 Å². The van der Waals surface area contributed by atoms with E-state index in [0.717, 1.165) is 24.4 Å². The van der Waals surface area contributed by atoms with Gasteiger partial charge in [-0.2, -0.15) is 0 Å². The van der Waals surface area contributed by atoms with E-state index in [0.29, 0.717) is 0 Å². The molecule has 2 aliphatic rings. The summed E-state index contributed by atoms with van der Waals surface area (Å²) in [6.07, 6.45) is 14.7. The lowest BCUT2D eigenvalue weighted by Gasteiger charge is -2.32. The van der Waals surface area contributed by atoms with E-state index in [9.17, 15) is 0 Å². The number of allylic oxidation sites excluding steroid dienone is 2. The molecule has 0 bridgehead atoms. The van der Waals surface area contributed by atoms with Gasteiger partial charge in [0.1, 0.15) is 0 Å². The second-order valence-corrected chi connectivity index (χ2v) is 6.31. The van der Waals surface area contributed by atoms with Crippen molar-refractivity contribution in [3.8, 4) is 0 Å². The Bertz CT molecular complexity index is 261. The van der Waals surface area contributed by atoms with E-state index in [1.54, 1.807) is 0 Å². The second-order valence-electron chi connectivity index (χ2n) is 6.31. The molecule has 104 valence electrons. The van der Waals surface area contributed by atoms with Crippen molar-refractivity contribution in [2.45, 2.75) is 71.6 Å². The third-order valence-corrected chi connectivity index (χ3v) is 4.78. The van der Waals surface area contributed by atoms with Crippen LogP contribution in [0.25, 0.3) is 0 Å². The summed E-state index contributed by atoms with van der Waals surface area (Å²) in [5.41, 5.74) is 0. The SMILES string of the molecule is CCCC1CCC(C2=CCC(CCC)CO2)CC1. The minimum atomic E-state index is 0.751. The van der Waals surface area contributed by atoms with E-state index >= 15 is 0 Å². The van der Waals surface area contributed by atoms with E-state index in [1.807, 2.05) is 0 Å². The highest BCUT2D eigenvalue weighted by Crippen LogP contribution is 2.37. The average Bonchev–Trinajstić information content (AvgIpc) is 2.41. The lowest BCUT2D eigenvalue weighted by Crippen LogP contribution is -2.22. The molecule has 0 radical (unpaired) electrons. The first kappa shape index (κ1) is 14.0. The Morgan fingerprint density at radius 2 is 1.67 bits per heavy atom. The predicted molar refractivity (Wildman–Crippen MR) is 77.4 cm³/mol. The minimum Gasteiger partial charge on any atom is -0.498 e. The van der Waals surface area contributed by atoms with Gasteiger partial charge in [-0.15, -0.1) is 0 Å². The highest BCUT2D eigenvalue weighted by molar-refractivity contribution is 5.04. The maximum atomic E-state index is 6.04. The van der Waals surface area contributed by atoms with Crippen LogP contribution in [0.15, 0.2) is 11.8 Å². The van der Waals surface area contributed by atoms with Gasteiger partial charge >= 0.3 is 0 Å². The zero-order chi connectivity index (χ0) is 12.8. The van der Waals surface area contributed by atoms with E-state index in [-0.39, 0.29) is 0 Å². The molecule has 0 saturated heterocycles. The monoisotopic (exact) mass is 250 g/mol. The van der Waals surface area contributed by atoms with Crippen LogP contribution in [0.2, 0.25) is 0 Å². The molecule has 18 heavy (non-hydrogen) atoms. The number of hydrogen-bond acceptors (Lipinski definition) is 1. The first-order valence-electron chi connectivity index (χ1n) is 8.16. The summed E-state index contributed by atoms with van der Waals surface area (Å²) in [5, 5.41) is 0. The van der Waals surface area contributed by atoms with Crippen molar-refractivity contribution in [1.29, 1.82) is 0 Å². The Hall–Kier alpha value is -0.460. The van der Waals surface area contributed by atoms with Crippen LogP contribution >= 0.6 is 0 Å². The van der Waals surface area contributed by atoms with Crippen LogP contribution in [0.4, 0.5) is 0 Å². The Balaban J connectivity index is 1.76. The third kappa shape index (κ3) is 3.76. The van der Waals surface area contributed by atoms with E-state index in [4.69, 9.17) is 4.74 Å². The van der Waals surface area contributed by atoms with Crippen molar-refractivity contribution in [2.24, 2.45) is 17.8 Å². The van der Waals surface area contributed by atoms with Crippen LogP contribution in [0.1, 0.15) is 71.6 Å². The van der Waals surface area contributed by atoms with Crippen molar-refractivity contribution < 1.29 is 4.74 Å². The first-order valence-corrected chi connectivity index (χ1v) is 8.16. The molecule has 0 spiro atoms. The Labute approximate surface area is 113 Å². The fourth-order valence-corrected chi connectivity index (χ4v) is 3.66. The molecule has 1 heteroatoms.